The molecular formula is C8H7BN2. The van der Waals surface area contributed by atoms with Gasteiger partial charge in [0.1, 0.15) is 7.85 Å². The van der Waals surface area contributed by atoms with Crippen molar-refractivity contribution in [2.24, 2.45) is 0 Å². The van der Waals surface area contributed by atoms with Crippen LogP contribution in [0.4, 0.5) is 0 Å². The van der Waals surface area contributed by atoms with Gasteiger partial charge >= 0.3 is 0 Å². The Morgan fingerprint density at radius 1 is 1.45 bits per heavy atom. The average Bonchev–Trinajstić information content (AvgIpc) is 2.45. The number of hydrogen-bond acceptors (Lipinski definition) is 1. The quantitative estimate of drug-likeness (QED) is 0.538. The van der Waals surface area contributed by atoms with E-state index in [1.807, 2.05) is 19.1 Å². The van der Waals surface area contributed by atoms with Crippen LogP contribution in [-0.4, -0.2) is 17.8 Å². The van der Waals surface area contributed by atoms with Crippen LogP contribution in [0.2, 0.25) is 0 Å². The van der Waals surface area contributed by atoms with Gasteiger partial charge in [-0.1, -0.05) is 17.1 Å². The lowest BCUT2D eigenvalue weighted by molar-refractivity contribution is 1.35. The maximum absolute atomic E-state index is 5.78. The molecule has 0 bridgehead atoms. The molecule has 0 saturated carbocycles. The summed E-state index contributed by atoms with van der Waals surface area (Å²) in [6.07, 6.45) is 1.65. The number of fused-ring (bicyclic) bond motifs is 1. The fourth-order valence-electron chi connectivity index (χ4n) is 1.13. The molecule has 0 unspecified atom stereocenters. The molecule has 0 fully saturated rings. The Balaban J connectivity index is 2.93. The Morgan fingerprint density at radius 3 is 3.09 bits per heavy atom. The highest BCUT2D eigenvalue weighted by molar-refractivity contribution is 6.39. The minimum Gasteiger partial charge on any atom is -0.345 e. The summed E-state index contributed by atoms with van der Waals surface area (Å²) in [6, 6.07) is 3.96. The molecule has 0 spiro atoms. The topological polar surface area (TPSA) is 28.7 Å². The van der Waals surface area contributed by atoms with E-state index in [-0.39, 0.29) is 0 Å². The molecule has 2 rings (SSSR count). The van der Waals surface area contributed by atoms with Crippen molar-refractivity contribution in [2.45, 2.75) is 6.92 Å². The summed E-state index contributed by atoms with van der Waals surface area (Å²) >= 11 is 0. The zero-order valence-corrected chi connectivity index (χ0v) is 6.26. The van der Waals surface area contributed by atoms with Gasteiger partial charge in [-0.3, -0.25) is 0 Å². The molecular weight excluding hydrogens is 135 g/mol. The maximum atomic E-state index is 5.78. The van der Waals surface area contributed by atoms with Crippen LogP contribution >= 0.6 is 0 Å². The molecule has 52 valence electrons. The highest BCUT2D eigenvalue weighted by atomic mass is 14.9. The molecule has 0 saturated heterocycles. The van der Waals surface area contributed by atoms with Crippen LogP contribution in [0.3, 0.4) is 0 Å². The van der Waals surface area contributed by atoms with Crippen LogP contribution in [0.1, 0.15) is 5.56 Å². The molecule has 1 heterocycles. The van der Waals surface area contributed by atoms with Crippen LogP contribution in [0.25, 0.3) is 11.0 Å². The van der Waals surface area contributed by atoms with Crippen LogP contribution < -0.4 is 5.46 Å². The van der Waals surface area contributed by atoms with Gasteiger partial charge < -0.3 is 4.98 Å². The third-order valence-corrected chi connectivity index (χ3v) is 1.85. The molecule has 0 atom stereocenters. The van der Waals surface area contributed by atoms with E-state index < -0.39 is 0 Å². The van der Waals surface area contributed by atoms with Crippen molar-refractivity contribution >= 4 is 24.3 Å². The summed E-state index contributed by atoms with van der Waals surface area (Å²) in [6.45, 7) is 1.98. The van der Waals surface area contributed by atoms with Crippen molar-refractivity contribution in [1.82, 2.24) is 9.97 Å². The van der Waals surface area contributed by atoms with Gasteiger partial charge in [-0.15, -0.1) is 0 Å². The van der Waals surface area contributed by atoms with Gasteiger partial charge in [-0.25, -0.2) is 4.98 Å². The standard InChI is InChI=1S/C8H7BN2/c1-5-2-3-6-8(7(5)9)11-4-10-6/h2-4H,1H3,(H,10,11). The number of hydrogen-bond donors (Lipinski definition) is 1. The predicted molar refractivity (Wildman–Crippen MR) is 46.2 cm³/mol. The lowest BCUT2D eigenvalue weighted by Gasteiger charge is -1.98. The number of aromatic nitrogens is 2. The molecule has 1 N–H and O–H groups in total. The fraction of sp³-hybridized carbons (Fsp3) is 0.125. The molecule has 1 aromatic carbocycles. The minimum absolute atomic E-state index is 0.767. The molecule has 2 radical (unpaired) electrons. The largest absolute Gasteiger partial charge is 0.345 e. The second kappa shape index (κ2) is 2.12. The van der Waals surface area contributed by atoms with Crippen LogP contribution in [0, 0.1) is 6.92 Å². The van der Waals surface area contributed by atoms with E-state index in [0.29, 0.717) is 0 Å². The van der Waals surface area contributed by atoms with Gasteiger partial charge in [0.05, 0.1) is 17.4 Å². The summed E-state index contributed by atoms with van der Waals surface area (Å²) in [5.41, 5.74) is 3.70. The molecule has 2 nitrogen and oxygen atoms in total. The Morgan fingerprint density at radius 2 is 2.27 bits per heavy atom. The van der Waals surface area contributed by atoms with E-state index in [0.717, 1.165) is 22.1 Å². The van der Waals surface area contributed by atoms with Gasteiger partial charge in [0.2, 0.25) is 0 Å². The van der Waals surface area contributed by atoms with Crippen molar-refractivity contribution in [3.8, 4) is 0 Å². The normalized spacial score (nSPS) is 10.6. The van der Waals surface area contributed by atoms with Crippen molar-refractivity contribution in [1.29, 1.82) is 0 Å². The number of nitrogens with zero attached hydrogens (tertiary/aromatic N) is 1. The fourth-order valence-corrected chi connectivity index (χ4v) is 1.13. The number of rotatable bonds is 0. The molecule has 0 amide bonds. The number of aryl methyl sites for hydroxylation is 1. The number of aromatic amines is 1. The van der Waals surface area contributed by atoms with Gasteiger partial charge in [0.15, 0.2) is 0 Å². The smallest absolute Gasteiger partial charge is 0.117 e. The zero-order valence-electron chi connectivity index (χ0n) is 6.26. The lowest BCUT2D eigenvalue weighted by atomic mass is 9.90. The molecule has 0 aliphatic rings. The zero-order chi connectivity index (χ0) is 7.84. The van der Waals surface area contributed by atoms with E-state index in [2.05, 4.69) is 9.97 Å². The van der Waals surface area contributed by atoms with Crippen molar-refractivity contribution in [3.05, 3.63) is 24.0 Å². The van der Waals surface area contributed by atoms with Crippen LogP contribution in [0.5, 0.6) is 0 Å². The Hall–Kier alpha value is -1.25. The highest BCUT2D eigenvalue weighted by Gasteiger charge is 1.99. The monoisotopic (exact) mass is 142 g/mol. The molecule has 11 heavy (non-hydrogen) atoms. The third-order valence-electron chi connectivity index (χ3n) is 1.85. The number of H-pyrrole nitrogens is 1. The van der Waals surface area contributed by atoms with E-state index in [1.54, 1.807) is 6.33 Å². The van der Waals surface area contributed by atoms with Crippen molar-refractivity contribution < 1.29 is 0 Å². The molecule has 2 aromatic rings. The van der Waals surface area contributed by atoms with Crippen molar-refractivity contribution in [2.75, 3.05) is 0 Å². The number of imidazole rings is 1. The lowest BCUT2D eigenvalue weighted by Crippen LogP contribution is -2.08. The number of benzene rings is 1. The molecule has 0 aliphatic heterocycles. The van der Waals surface area contributed by atoms with Crippen molar-refractivity contribution in [3.63, 3.8) is 0 Å². The second-order valence-corrected chi connectivity index (χ2v) is 2.59. The second-order valence-electron chi connectivity index (χ2n) is 2.59. The van der Waals surface area contributed by atoms with Crippen LogP contribution in [0.15, 0.2) is 18.5 Å². The first-order valence-electron chi connectivity index (χ1n) is 3.47. The van der Waals surface area contributed by atoms with Gasteiger partial charge in [0, 0.05) is 0 Å². The first-order chi connectivity index (χ1) is 5.29. The highest BCUT2D eigenvalue weighted by Crippen LogP contribution is 2.06. The van der Waals surface area contributed by atoms with E-state index in [4.69, 9.17) is 7.85 Å². The van der Waals surface area contributed by atoms with E-state index >= 15 is 0 Å². The van der Waals surface area contributed by atoms with E-state index in [9.17, 15) is 0 Å². The summed E-state index contributed by atoms with van der Waals surface area (Å²) < 4.78 is 0. The Bertz CT molecular complexity index is 392. The maximum Gasteiger partial charge on any atom is 0.117 e. The van der Waals surface area contributed by atoms with Gasteiger partial charge in [0.25, 0.3) is 0 Å². The minimum atomic E-state index is 0.767. The summed E-state index contributed by atoms with van der Waals surface area (Å²) in [5.74, 6) is 0. The third kappa shape index (κ3) is 0.844. The Labute approximate surface area is 66.1 Å². The Kier molecular flexibility index (Phi) is 1.25. The summed E-state index contributed by atoms with van der Waals surface area (Å²) in [7, 11) is 5.78. The summed E-state index contributed by atoms with van der Waals surface area (Å²) in [4.78, 5) is 7.10. The molecule has 1 aromatic heterocycles. The van der Waals surface area contributed by atoms with Crippen LogP contribution in [-0.2, 0) is 0 Å². The summed E-state index contributed by atoms with van der Waals surface area (Å²) in [5, 5.41) is 0. The molecule has 3 heteroatoms. The SMILES string of the molecule is [B]c1c(C)ccc2[nH]cnc12. The first kappa shape index (κ1) is 6.46. The number of nitrogens with one attached hydrogen (secondary N) is 1. The first-order valence-corrected chi connectivity index (χ1v) is 3.47. The van der Waals surface area contributed by atoms with E-state index in [1.165, 1.54) is 0 Å². The van der Waals surface area contributed by atoms with Gasteiger partial charge in [-0.05, 0) is 13.0 Å². The van der Waals surface area contributed by atoms with Gasteiger partial charge in [-0.2, -0.15) is 0 Å². The molecule has 0 aliphatic carbocycles. The predicted octanol–water partition coefficient (Wildman–Crippen LogP) is 0.665. The average molecular weight is 142 g/mol.